The van der Waals surface area contributed by atoms with Crippen LogP contribution in [0.2, 0.25) is 5.02 Å². The molecule has 3 nitrogen and oxygen atoms in total. The summed E-state index contributed by atoms with van der Waals surface area (Å²) in [7, 11) is 0. The lowest BCUT2D eigenvalue weighted by Gasteiger charge is -2.01. The zero-order chi connectivity index (χ0) is 12.4. The van der Waals surface area contributed by atoms with E-state index in [0.29, 0.717) is 21.8 Å². The van der Waals surface area contributed by atoms with Gasteiger partial charge < -0.3 is 4.74 Å². The van der Waals surface area contributed by atoms with Crippen molar-refractivity contribution in [3.8, 4) is 0 Å². The highest BCUT2D eigenvalue weighted by Crippen LogP contribution is 2.36. The maximum Gasteiger partial charge on any atom is 0.348 e. The summed E-state index contributed by atoms with van der Waals surface area (Å²) in [5, 5.41) is 2.00. The molecule has 2 aromatic heterocycles. The van der Waals surface area contributed by atoms with E-state index in [4.69, 9.17) is 16.3 Å². The standard InChI is InChI=1S/C11H9BrClNO2S/c1-2-16-11(15)10-6(3-12)9-7(13)4-14-5-8(9)17-10/h4-5H,2-3H2,1H3. The lowest BCUT2D eigenvalue weighted by Crippen LogP contribution is -2.04. The molecule has 2 aromatic rings. The van der Waals surface area contributed by atoms with Crippen LogP contribution in [0, 0.1) is 0 Å². The van der Waals surface area contributed by atoms with E-state index >= 15 is 0 Å². The van der Waals surface area contributed by atoms with Gasteiger partial charge in [-0.15, -0.1) is 11.3 Å². The summed E-state index contributed by atoms with van der Waals surface area (Å²) in [6.45, 7) is 2.15. The predicted molar refractivity (Wildman–Crippen MR) is 73.2 cm³/mol. The first kappa shape index (κ1) is 12.8. The topological polar surface area (TPSA) is 39.2 Å². The fourth-order valence-electron chi connectivity index (χ4n) is 1.56. The second-order valence-corrected chi connectivity index (χ2v) is 5.28. The molecule has 2 rings (SSSR count). The molecule has 0 saturated heterocycles. The summed E-state index contributed by atoms with van der Waals surface area (Å²) in [5.41, 5.74) is 0.871. The highest BCUT2D eigenvalue weighted by Gasteiger charge is 2.20. The number of ether oxygens (including phenoxy) is 1. The first-order chi connectivity index (χ1) is 8.19. The fraction of sp³-hybridized carbons (Fsp3) is 0.273. The molecule has 17 heavy (non-hydrogen) atoms. The van der Waals surface area contributed by atoms with Crippen molar-refractivity contribution in [2.24, 2.45) is 0 Å². The quantitative estimate of drug-likeness (QED) is 0.628. The number of fused-ring (bicyclic) bond motifs is 1. The molecule has 2 heterocycles. The van der Waals surface area contributed by atoms with E-state index in [1.165, 1.54) is 11.3 Å². The van der Waals surface area contributed by atoms with Gasteiger partial charge in [0.05, 0.1) is 16.3 Å². The van der Waals surface area contributed by atoms with Crippen LogP contribution in [-0.4, -0.2) is 17.6 Å². The first-order valence-electron chi connectivity index (χ1n) is 4.97. The molecule has 6 heteroatoms. The van der Waals surface area contributed by atoms with Gasteiger partial charge in [-0.25, -0.2) is 4.79 Å². The van der Waals surface area contributed by atoms with Gasteiger partial charge in [0.25, 0.3) is 0 Å². The van der Waals surface area contributed by atoms with Crippen LogP contribution in [0.5, 0.6) is 0 Å². The molecule has 0 amide bonds. The van der Waals surface area contributed by atoms with E-state index in [0.717, 1.165) is 15.6 Å². The van der Waals surface area contributed by atoms with E-state index in [9.17, 15) is 4.79 Å². The van der Waals surface area contributed by atoms with Crippen molar-refractivity contribution in [1.29, 1.82) is 0 Å². The molecule has 0 fully saturated rings. The zero-order valence-corrected chi connectivity index (χ0v) is 12.2. The molecule has 0 aromatic carbocycles. The normalized spacial score (nSPS) is 10.8. The number of pyridine rings is 1. The molecule has 0 aliphatic carbocycles. The average molecular weight is 335 g/mol. The van der Waals surface area contributed by atoms with Crippen molar-refractivity contribution in [1.82, 2.24) is 4.98 Å². The molecule has 0 N–H and O–H groups in total. The first-order valence-corrected chi connectivity index (χ1v) is 7.28. The smallest absolute Gasteiger partial charge is 0.348 e. The Balaban J connectivity index is 2.64. The zero-order valence-electron chi connectivity index (χ0n) is 9.00. The molecular formula is C11H9BrClNO2S. The SMILES string of the molecule is CCOC(=O)c1sc2cncc(Cl)c2c1CBr. The van der Waals surface area contributed by atoms with E-state index in [-0.39, 0.29) is 5.97 Å². The Labute approximate surface area is 116 Å². The summed E-state index contributed by atoms with van der Waals surface area (Å²) < 4.78 is 5.93. The van der Waals surface area contributed by atoms with Gasteiger partial charge >= 0.3 is 5.97 Å². The fourth-order valence-corrected chi connectivity index (χ4v) is 3.74. The maximum absolute atomic E-state index is 11.8. The summed E-state index contributed by atoms with van der Waals surface area (Å²) in [6, 6.07) is 0. The minimum atomic E-state index is -0.306. The number of carbonyl (C=O) groups excluding carboxylic acids is 1. The van der Waals surface area contributed by atoms with Crippen LogP contribution >= 0.6 is 38.9 Å². The van der Waals surface area contributed by atoms with Gasteiger partial charge in [-0.05, 0) is 12.5 Å². The van der Waals surface area contributed by atoms with Crippen LogP contribution in [0.25, 0.3) is 10.1 Å². The van der Waals surface area contributed by atoms with Gasteiger partial charge in [0.1, 0.15) is 4.88 Å². The van der Waals surface area contributed by atoms with Gasteiger partial charge in [0.2, 0.25) is 0 Å². The summed E-state index contributed by atoms with van der Waals surface area (Å²) in [4.78, 5) is 16.4. The highest BCUT2D eigenvalue weighted by molar-refractivity contribution is 9.08. The van der Waals surface area contributed by atoms with Crippen molar-refractivity contribution in [3.63, 3.8) is 0 Å². The number of alkyl halides is 1. The molecule has 0 aliphatic rings. The Bertz CT molecular complexity index is 570. The third-order valence-corrected chi connectivity index (χ3v) is 4.24. The van der Waals surface area contributed by atoms with Crippen LogP contribution < -0.4 is 0 Å². The van der Waals surface area contributed by atoms with Gasteiger partial charge in [-0.3, -0.25) is 4.98 Å². The molecule has 0 radical (unpaired) electrons. The molecular weight excluding hydrogens is 326 g/mol. The van der Waals surface area contributed by atoms with Crippen LogP contribution in [-0.2, 0) is 10.1 Å². The van der Waals surface area contributed by atoms with Crippen molar-refractivity contribution in [3.05, 3.63) is 27.9 Å². The van der Waals surface area contributed by atoms with Gasteiger partial charge in [0.15, 0.2) is 0 Å². The van der Waals surface area contributed by atoms with Gasteiger partial charge in [-0.2, -0.15) is 0 Å². The average Bonchev–Trinajstić information content (AvgIpc) is 2.69. The Kier molecular flexibility index (Phi) is 4.01. The number of aromatic nitrogens is 1. The highest BCUT2D eigenvalue weighted by atomic mass is 79.9. The number of hydrogen-bond donors (Lipinski definition) is 0. The van der Waals surface area contributed by atoms with E-state index in [1.54, 1.807) is 19.3 Å². The summed E-state index contributed by atoms with van der Waals surface area (Å²) in [5.74, 6) is -0.306. The van der Waals surface area contributed by atoms with Crippen molar-refractivity contribution < 1.29 is 9.53 Å². The molecule has 0 atom stereocenters. The Morgan fingerprint density at radius 2 is 2.35 bits per heavy atom. The number of thiophene rings is 1. The Morgan fingerprint density at radius 1 is 1.59 bits per heavy atom. The largest absolute Gasteiger partial charge is 0.462 e. The van der Waals surface area contributed by atoms with Crippen LogP contribution in [0.1, 0.15) is 22.2 Å². The Morgan fingerprint density at radius 3 is 3.00 bits per heavy atom. The third-order valence-electron chi connectivity index (χ3n) is 2.25. The molecule has 90 valence electrons. The molecule has 0 aliphatic heterocycles. The maximum atomic E-state index is 11.8. The second-order valence-electron chi connectivity index (χ2n) is 3.26. The molecule has 0 spiro atoms. The lowest BCUT2D eigenvalue weighted by atomic mass is 10.2. The van der Waals surface area contributed by atoms with Crippen molar-refractivity contribution in [2.45, 2.75) is 12.3 Å². The van der Waals surface area contributed by atoms with Crippen LogP contribution in [0.3, 0.4) is 0 Å². The lowest BCUT2D eigenvalue weighted by molar-refractivity contribution is 0.0531. The number of esters is 1. The van der Waals surface area contributed by atoms with E-state index in [1.807, 2.05) is 0 Å². The van der Waals surface area contributed by atoms with Gasteiger partial charge in [-0.1, -0.05) is 27.5 Å². The van der Waals surface area contributed by atoms with Crippen LogP contribution in [0.15, 0.2) is 12.4 Å². The van der Waals surface area contributed by atoms with Crippen molar-refractivity contribution >= 4 is 54.9 Å². The summed E-state index contributed by atoms with van der Waals surface area (Å²) >= 11 is 10.8. The number of hydrogen-bond acceptors (Lipinski definition) is 4. The molecule has 0 unspecified atom stereocenters. The third kappa shape index (κ3) is 2.32. The van der Waals surface area contributed by atoms with Gasteiger partial charge in [0, 0.05) is 23.1 Å². The Hall–Kier alpha value is -0.650. The number of rotatable bonds is 3. The van der Waals surface area contributed by atoms with E-state index < -0.39 is 0 Å². The monoisotopic (exact) mass is 333 g/mol. The number of nitrogens with zero attached hydrogens (tertiary/aromatic N) is 1. The minimum Gasteiger partial charge on any atom is -0.462 e. The predicted octanol–water partition coefficient (Wildman–Crippen LogP) is 4.02. The minimum absolute atomic E-state index is 0.306. The van der Waals surface area contributed by atoms with E-state index in [2.05, 4.69) is 20.9 Å². The number of halogens is 2. The summed E-state index contributed by atoms with van der Waals surface area (Å²) in [6.07, 6.45) is 3.29. The number of carbonyl (C=O) groups is 1. The second kappa shape index (κ2) is 5.33. The molecule has 0 bridgehead atoms. The molecule has 0 saturated carbocycles. The van der Waals surface area contributed by atoms with Crippen LogP contribution in [0.4, 0.5) is 0 Å². The van der Waals surface area contributed by atoms with Crippen molar-refractivity contribution in [2.75, 3.05) is 6.61 Å².